The van der Waals surface area contributed by atoms with Crippen molar-refractivity contribution in [2.75, 3.05) is 27.4 Å². The predicted molar refractivity (Wildman–Crippen MR) is 91.5 cm³/mol. The molecule has 9 heteroatoms. The lowest BCUT2D eigenvalue weighted by atomic mass is 10.0. The average molecular weight is 366 g/mol. The highest BCUT2D eigenvalue weighted by Crippen LogP contribution is 2.34. The molecule has 0 aliphatic carbocycles. The van der Waals surface area contributed by atoms with Crippen LogP contribution in [0.1, 0.15) is 36.5 Å². The van der Waals surface area contributed by atoms with Crippen LogP contribution in [0.25, 0.3) is 0 Å². The Bertz CT molecular complexity index is 705. The number of rotatable bonds is 6. The van der Waals surface area contributed by atoms with E-state index < -0.39 is 23.2 Å². The molecular formula is C17H22N2O7. The van der Waals surface area contributed by atoms with Crippen LogP contribution in [0.15, 0.2) is 12.1 Å². The van der Waals surface area contributed by atoms with Gasteiger partial charge in [0, 0.05) is 18.7 Å². The lowest BCUT2D eigenvalue weighted by molar-refractivity contribution is -0.385. The van der Waals surface area contributed by atoms with Crippen molar-refractivity contribution in [3.63, 3.8) is 0 Å². The maximum absolute atomic E-state index is 12.3. The minimum absolute atomic E-state index is 0.0883. The molecule has 1 aromatic rings. The number of esters is 1. The third-order valence-corrected chi connectivity index (χ3v) is 4.37. The second-order valence-corrected chi connectivity index (χ2v) is 5.99. The number of nitro benzene ring substituents is 1. The molecule has 1 heterocycles. The van der Waals surface area contributed by atoms with Gasteiger partial charge in [-0.1, -0.05) is 0 Å². The number of nitrogens with zero attached hydrogens (tertiary/aromatic N) is 2. The monoisotopic (exact) mass is 366 g/mol. The van der Waals surface area contributed by atoms with Gasteiger partial charge in [-0.3, -0.25) is 14.9 Å². The van der Waals surface area contributed by atoms with Crippen LogP contribution in [0.4, 0.5) is 5.69 Å². The molecule has 2 rings (SSSR count). The number of ether oxygens (including phenoxy) is 3. The van der Waals surface area contributed by atoms with Gasteiger partial charge in [0.05, 0.1) is 25.2 Å². The second-order valence-electron chi connectivity index (χ2n) is 5.99. The summed E-state index contributed by atoms with van der Waals surface area (Å²) in [7, 11) is 2.68. The molecule has 0 aromatic heterocycles. The molecule has 1 saturated heterocycles. The first-order valence-corrected chi connectivity index (χ1v) is 8.26. The number of hydrogen-bond donors (Lipinski definition) is 0. The van der Waals surface area contributed by atoms with Crippen molar-refractivity contribution < 1.29 is 28.7 Å². The van der Waals surface area contributed by atoms with Gasteiger partial charge in [-0.2, -0.15) is 0 Å². The highest BCUT2D eigenvalue weighted by atomic mass is 16.6. The van der Waals surface area contributed by atoms with E-state index in [0.717, 1.165) is 25.3 Å². The highest BCUT2D eigenvalue weighted by Gasteiger charge is 2.28. The number of carbonyl (C=O) groups is 2. The Morgan fingerprint density at radius 2 is 1.88 bits per heavy atom. The van der Waals surface area contributed by atoms with Crippen LogP contribution in [-0.4, -0.2) is 55.1 Å². The molecule has 0 saturated carbocycles. The van der Waals surface area contributed by atoms with E-state index in [1.54, 1.807) is 4.90 Å². The van der Waals surface area contributed by atoms with E-state index in [0.29, 0.717) is 6.54 Å². The molecule has 0 spiro atoms. The van der Waals surface area contributed by atoms with Crippen LogP contribution in [0.2, 0.25) is 0 Å². The minimum atomic E-state index is -0.962. The van der Waals surface area contributed by atoms with Crippen LogP contribution in [-0.2, 0) is 9.53 Å². The zero-order valence-corrected chi connectivity index (χ0v) is 15.0. The van der Waals surface area contributed by atoms with Crippen molar-refractivity contribution in [1.82, 2.24) is 4.90 Å². The summed E-state index contributed by atoms with van der Waals surface area (Å²) in [5, 5.41) is 11.2. The van der Waals surface area contributed by atoms with Crippen LogP contribution in [0.5, 0.6) is 11.5 Å². The van der Waals surface area contributed by atoms with E-state index in [-0.39, 0.29) is 29.0 Å². The first-order chi connectivity index (χ1) is 12.4. The fraction of sp³-hybridized carbons (Fsp3) is 0.529. The number of likely N-dealkylation sites (tertiary alicyclic amines) is 1. The average Bonchev–Trinajstić information content (AvgIpc) is 2.64. The van der Waals surface area contributed by atoms with Crippen molar-refractivity contribution in [1.29, 1.82) is 0 Å². The molecule has 26 heavy (non-hydrogen) atoms. The van der Waals surface area contributed by atoms with Gasteiger partial charge in [0.2, 0.25) is 0 Å². The van der Waals surface area contributed by atoms with E-state index in [1.807, 2.05) is 6.92 Å². The Hall–Kier alpha value is -2.84. The molecule has 1 aliphatic heterocycles. The molecule has 9 nitrogen and oxygen atoms in total. The van der Waals surface area contributed by atoms with Crippen molar-refractivity contribution in [2.24, 2.45) is 0 Å². The number of piperidine rings is 1. The van der Waals surface area contributed by atoms with Crippen molar-refractivity contribution in [3.05, 3.63) is 27.8 Å². The normalized spacial score (nSPS) is 16.7. The smallest absolute Gasteiger partial charge is 0.345 e. The SMILES string of the molecule is COc1cc(C(=O)OCC(=O)N2CCCC[C@@H]2C)c([N+](=O)[O-])cc1OC. The molecule has 1 amide bonds. The van der Waals surface area contributed by atoms with Gasteiger partial charge in [-0.25, -0.2) is 4.79 Å². The van der Waals surface area contributed by atoms with E-state index in [4.69, 9.17) is 14.2 Å². The summed E-state index contributed by atoms with van der Waals surface area (Å²) in [6, 6.07) is 2.35. The van der Waals surface area contributed by atoms with Crippen LogP contribution < -0.4 is 9.47 Å². The van der Waals surface area contributed by atoms with Crippen LogP contribution in [0.3, 0.4) is 0 Å². The zero-order valence-electron chi connectivity index (χ0n) is 15.0. The lowest BCUT2D eigenvalue weighted by Crippen LogP contribution is -2.44. The van der Waals surface area contributed by atoms with Crippen LogP contribution >= 0.6 is 0 Å². The van der Waals surface area contributed by atoms with Crippen LogP contribution in [0, 0.1) is 10.1 Å². The fourth-order valence-corrected chi connectivity index (χ4v) is 2.94. The van der Waals surface area contributed by atoms with Gasteiger partial charge in [0.25, 0.3) is 11.6 Å². The van der Waals surface area contributed by atoms with Gasteiger partial charge in [0.15, 0.2) is 18.1 Å². The first-order valence-electron chi connectivity index (χ1n) is 8.26. The minimum Gasteiger partial charge on any atom is -0.493 e. The second kappa shape index (κ2) is 8.50. The van der Waals surface area contributed by atoms with Crippen molar-refractivity contribution in [3.8, 4) is 11.5 Å². The van der Waals surface area contributed by atoms with E-state index >= 15 is 0 Å². The van der Waals surface area contributed by atoms with Crippen molar-refractivity contribution >= 4 is 17.6 Å². The summed E-state index contributed by atoms with van der Waals surface area (Å²) < 4.78 is 15.1. The maximum Gasteiger partial charge on any atom is 0.345 e. The largest absolute Gasteiger partial charge is 0.493 e. The number of nitro groups is 1. The molecule has 0 radical (unpaired) electrons. The number of benzene rings is 1. The van der Waals surface area contributed by atoms with E-state index in [1.165, 1.54) is 20.3 Å². The van der Waals surface area contributed by atoms with Gasteiger partial charge in [0.1, 0.15) is 5.56 Å². The molecule has 0 bridgehead atoms. The summed E-state index contributed by atoms with van der Waals surface area (Å²) in [6.45, 7) is 2.10. The van der Waals surface area contributed by atoms with Gasteiger partial charge in [-0.05, 0) is 26.2 Å². The number of hydrogen-bond acceptors (Lipinski definition) is 7. The molecular weight excluding hydrogens is 344 g/mol. The van der Waals surface area contributed by atoms with Gasteiger partial charge in [-0.15, -0.1) is 0 Å². The summed E-state index contributed by atoms with van der Waals surface area (Å²) in [6.07, 6.45) is 2.87. The number of carbonyl (C=O) groups excluding carboxylic acids is 2. The molecule has 1 atom stereocenters. The third-order valence-electron chi connectivity index (χ3n) is 4.37. The Morgan fingerprint density at radius 3 is 2.46 bits per heavy atom. The number of amides is 1. The topological polar surface area (TPSA) is 108 Å². The zero-order chi connectivity index (χ0) is 19.3. The fourth-order valence-electron chi connectivity index (χ4n) is 2.94. The van der Waals surface area contributed by atoms with Gasteiger partial charge < -0.3 is 19.1 Å². The Labute approximate surface area is 151 Å². The Kier molecular flexibility index (Phi) is 6.37. The lowest BCUT2D eigenvalue weighted by Gasteiger charge is -2.33. The highest BCUT2D eigenvalue weighted by molar-refractivity contribution is 5.96. The predicted octanol–water partition coefficient (Wildman–Crippen LogP) is 2.17. The molecule has 1 aromatic carbocycles. The number of methoxy groups -OCH3 is 2. The quantitative estimate of drug-likeness (QED) is 0.431. The maximum atomic E-state index is 12.3. The summed E-state index contributed by atoms with van der Waals surface area (Å²) in [5.41, 5.74) is -0.779. The van der Waals surface area contributed by atoms with Gasteiger partial charge >= 0.3 is 5.97 Å². The molecule has 1 fully saturated rings. The first kappa shape index (κ1) is 19.5. The van der Waals surface area contributed by atoms with E-state index in [9.17, 15) is 19.7 Å². The molecule has 0 unspecified atom stereocenters. The molecule has 0 N–H and O–H groups in total. The molecule has 142 valence electrons. The standard InChI is InChI=1S/C17H22N2O7/c1-11-6-4-5-7-18(11)16(20)10-26-17(21)12-8-14(24-2)15(25-3)9-13(12)19(22)23/h8-9,11H,4-7,10H2,1-3H3/t11-/m0/s1. The third kappa shape index (κ3) is 4.22. The van der Waals surface area contributed by atoms with Crippen molar-refractivity contribution in [2.45, 2.75) is 32.2 Å². The van der Waals surface area contributed by atoms with E-state index in [2.05, 4.69) is 0 Å². The summed E-state index contributed by atoms with van der Waals surface area (Å²) >= 11 is 0. The summed E-state index contributed by atoms with van der Waals surface area (Å²) in [4.78, 5) is 36.8. The molecule has 1 aliphatic rings. The summed E-state index contributed by atoms with van der Waals surface area (Å²) in [5.74, 6) is -1.00. The Morgan fingerprint density at radius 1 is 1.23 bits per heavy atom. The Balaban J connectivity index is 2.15.